The van der Waals surface area contributed by atoms with Crippen LogP contribution in [-0.2, 0) is 11.2 Å². The molecule has 1 aromatic carbocycles. The number of rotatable bonds is 5. The fourth-order valence-corrected chi connectivity index (χ4v) is 1.68. The van der Waals surface area contributed by atoms with Crippen LogP contribution < -0.4 is 5.32 Å². The van der Waals surface area contributed by atoms with Crippen LogP contribution in [-0.4, -0.2) is 38.0 Å². The van der Waals surface area contributed by atoms with Crippen molar-refractivity contribution in [3.63, 3.8) is 0 Å². The van der Waals surface area contributed by atoms with Crippen LogP contribution in [0.4, 0.5) is 0 Å². The first-order valence-corrected chi connectivity index (χ1v) is 6.12. The molecule has 0 aliphatic rings. The van der Waals surface area contributed by atoms with Gasteiger partial charge in [-0.3, -0.25) is 4.79 Å². The number of carbonyl (C=O) groups excluding carboxylic acids is 1. The van der Waals surface area contributed by atoms with Gasteiger partial charge in [0.05, 0.1) is 16.5 Å². The van der Waals surface area contributed by atoms with Crippen LogP contribution in [0.25, 0.3) is 0 Å². The summed E-state index contributed by atoms with van der Waals surface area (Å²) < 4.78 is 0. The summed E-state index contributed by atoms with van der Waals surface area (Å²) >= 11 is 11.7. The molecule has 0 aromatic heterocycles. The largest absolute Gasteiger partial charge is 0.344 e. The molecule has 1 N–H and O–H groups in total. The fraction of sp³-hybridized carbons (Fsp3) is 0.417. The number of nitrogens with one attached hydrogen (secondary N) is 1. The maximum absolute atomic E-state index is 11.8. The Balaban J connectivity index is 0.00000289. The van der Waals surface area contributed by atoms with Crippen molar-refractivity contribution in [2.45, 2.75) is 6.42 Å². The van der Waals surface area contributed by atoms with E-state index in [1.807, 2.05) is 13.1 Å². The second-order valence-corrected chi connectivity index (χ2v) is 4.66. The van der Waals surface area contributed by atoms with E-state index in [0.717, 1.165) is 12.1 Å². The molecule has 0 radical (unpaired) electrons. The van der Waals surface area contributed by atoms with Gasteiger partial charge in [-0.25, -0.2) is 0 Å². The molecule has 1 amide bonds. The Hall–Kier alpha value is -0.480. The van der Waals surface area contributed by atoms with Gasteiger partial charge in [-0.15, -0.1) is 12.4 Å². The van der Waals surface area contributed by atoms with Gasteiger partial charge in [0.2, 0.25) is 5.91 Å². The maximum atomic E-state index is 11.8. The van der Waals surface area contributed by atoms with Crippen molar-refractivity contribution in [1.29, 1.82) is 0 Å². The van der Waals surface area contributed by atoms with Gasteiger partial charge in [0.25, 0.3) is 0 Å². The number of carbonyl (C=O) groups is 1. The van der Waals surface area contributed by atoms with Gasteiger partial charge in [-0.2, -0.15) is 0 Å². The Morgan fingerprint density at radius 3 is 2.56 bits per heavy atom. The molecule has 0 unspecified atom stereocenters. The zero-order valence-corrected chi connectivity index (χ0v) is 12.7. The van der Waals surface area contributed by atoms with Gasteiger partial charge >= 0.3 is 0 Å². The second kappa shape index (κ2) is 8.59. The Kier molecular flexibility index (Phi) is 8.36. The zero-order chi connectivity index (χ0) is 12.8. The Morgan fingerprint density at radius 2 is 2.00 bits per heavy atom. The molecule has 0 fully saturated rings. The topological polar surface area (TPSA) is 32.3 Å². The molecule has 0 aliphatic heterocycles. The summed E-state index contributed by atoms with van der Waals surface area (Å²) in [6.45, 7) is 1.47. The molecule has 0 bridgehead atoms. The van der Waals surface area contributed by atoms with Gasteiger partial charge in [-0.05, 0) is 24.7 Å². The zero-order valence-electron chi connectivity index (χ0n) is 10.4. The van der Waals surface area contributed by atoms with Crippen LogP contribution in [0, 0.1) is 0 Å². The van der Waals surface area contributed by atoms with E-state index in [0.29, 0.717) is 23.0 Å². The summed E-state index contributed by atoms with van der Waals surface area (Å²) in [5, 5.41) is 3.99. The summed E-state index contributed by atoms with van der Waals surface area (Å²) in [5.74, 6) is 0.0682. The number of halogens is 3. The van der Waals surface area contributed by atoms with E-state index < -0.39 is 0 Å². The lowest BCUT2D eigenvalue weighted by Crippen LogP contribution is -2.33. The molecule has 0 aliphatic carbocycles. The molecular formula is C12H17Cl3N2O. The predicted octanol–water partition coefficient (Wildman–Crippen LogP) is 2.64. The second-order valence-electron chi connectivity index (χ2n) is 3.84. The SMILES string of the molecule is CNCCN(C)C(=O)Cc1ccc(Cl)c(Cl)c1.Cl. The van der Waals surface area contributed by atoms with Crippen molar-refractivity contribution in [2.75, 3.05) is 27.2 Å². The van der Waals surface area contributed by atoms with Crippen LogP contribution >= 0.6 is 35.6 Å². The average Bonchev–Trinajstić information content (AvgIpc) is 2.30. The third kappa shape index (κ3) is 5.44. The van der Waals surface area contributed by atoms with Gasteiger partial charge in [-0.1, -0.05) is 29.3 Å². The Labute approximate surface area is 124 Å². The van der Waals surface area contributed by atoms with Crippen LogP contribution in [0.15, 0.2) is 18.2 Å². The van der Waals surface area contributed by atoms with E-state index in [9.17, 15) is 4.79 Å². The molecule has 18 heavy (non-hydrogen) atoms. The molecule has 0 saturated heterocycles. The van der Waals surface area contributed by atoms with Crippen LogP contribution in [0.5, 0.6) is 0 Å². The summed E-state index contributed by atoms with van der Waals surface area (Å²) in [6.07, 6.45) is 0.344. The van der Waals surface area contributed by atoms with Crippen LogP contribution in [0.2, 0.25) is 10.0 Å². The van der Waals surface area contributed by atoms with E-state index in [-0.39, 0.29) is 18.3 Å². The van der Waals surface area contributed by atoms with Gasteiger partial charge in [0.15, 0.2) is 0 Å². The molecule has 0 spiro atoms. The van der Waals surface area contributed by atoms with Gasteiger partial charge in [0, 0.05) is 20.1 Å². The predicted molar refractivity (Wildman–Crippen MR) is 79.0 cm³/mol. The number of nitrogens with zero attached hydrogens (tertiary/aromatic N) is 1. The number of benzene rings is 1. The van der Waals surface area contributed by atoms with Crippen molar-refractivity contribution in [3.05, 3.63) is 33.8 Å². The van der Waals surface area contributed by atoms with Crippen molar-refractivity contribution in [2.24, 2.45) is 0 Å². The minimum Gasteiger partial charge on any atom is -0.344 e. The summed E-state index contributed by atoms with van der Waals surface area (Å²) in [7, 11) is 3.65. The van der Waals surface area contributed by atoms with Gasteiger partial charge < -0.3 is 10.2 Å². The number of amides is 1. The first kappa shape index (κ1) is 17.5. The first-order valence-electron chi connectivity index (χ1n) is 5.37. The third-order valence-electron chi connectivity index (χ3n) is 2.46. The minimum absolute atomic E-state index is 0. The molecule has 1 aromatic rings. The van der Waals surface area contributed by atoms with Crippen LogP contribution in [0.3, 0.4) is 0 Å². The highest BCUT2D eigenvalue weighted by Crippen LogP contribution is 2.22. The lowest BCUT2D eigenvalue weighted by molar-refractivity contribution is -0.129. The molecule has 3 nitrogen and oxygen atoms in total. The van der Waals surface area contributed by atoms with Crippen LogP contribution in [0.1, 0.15) is 5.56 Å². The smallest absolute Gasteiger partial charge is 0.226 e. The Bertz CT molecular complexity index is 399. The van der Waals surface area contributed by atoms with Gasteiger partial charge in [0.1, 0.15) is 0 Å². The average molecular weight is 312 g/mol. The molecular weight excluding hydrogens is 295 g/mol. The van der Waals surface area contributed by atoms with E-state index >= 15 is 0 Å². The molecule has 0 atom stereocenters. The third-order valence-corrected chi connectivity index (χ3v) is 3.20. The maximum Gasteiger partial charge on any atom is 0.226 e. The minimum atomic E-state index is 0. The highest BCUT2D eigenvalue weighted by atomic mass is 35.5. The van der Waals surface area contributed by atoms with Crippen molar-refractivity contribution in [3.8, 4) is 0 Å². The molecule has 6 heteroatoms. The fourth-order valence-electron chi connectivity index (χ4n) is 1.36. The van der Waals surface area contributed by atoms with E-state index in [1.165, 1.54) is 0 Å². The van der Waals surface area contributed by atoms with Crippen molar-refractivity contribution >= 4 is 41.5 Å². The molecule has 0 heterocycles. The Morgan fingerprint density at radius 1 is 1.33 bits per heavy atom. The van der Waals surface area contributed by atoms with Crippen molar-refractivity contribution < 1.29 is 4.79 Å². The number of hydrogen-bond acceptors (Lipinski definition) is 2. The number of likely N-dealkylation sites (N-methyl/N-ethyl adjacent to an activating group) is 2. The summed E-state index contributed by atoms with van der Waals surface area (Å²) in [4.78, 5) is 13.5. The lowest BCUT2D eigenvalue weighted by atomic mass is 10.1. The number of hydrogen-bond donors (Lipinski definition) is 1. The standard InChI is InChI=1S/C12H16Cl2N2O.ClH/c1-15-5-6-16(2)12(17)8-9-3-4-10(13)11(14)7-9;/h3-4,7,15H,5-6,8H2,1-2H3;1H. The molecule has 102 valence electrons. The van der Waals surface area contributed by atoms with E-state index in [1.54, 1.807) is 24.1 Å². The van der Waals surface area contributed by atoms with E-state index in [2.05, 4.69) is 5.32 Å². The summed E-state index contributed by atoms with van der Waals surface area (Å²) in [5.41, 5.74) is 0.876. The molecule has 1 rings (SSSR count). The summed E-state index contributed by atoms with van der Waals surface area (Å²) in [6, 6.07) is 5.26. The highest BCUT2D eigenvalue weighted by molar-refractivity contribution is 6.42. The molecule has 0 saturated carbocycles. The normalized spacial score (nSPS) is 9.78. The quantitative estimate of drug-likeness (QED) is 0.906. The lowest BCUT2D eigenvalue weighted by Gasteiger charge is -2.17. The first-order chi connectivity index (χ1) is 8.04. The van der Waals surface area contributed by atoms with E-state index in [4.69, 9.17) is 23.2 Å². The monoisotopic (exact) mass is 310 g/mol. The van der Waals surface area contributed by atoms with Crippen molar-refractivity contribution in [1.82, 2.24) is 10.2 Å². The highest BCUT2D eigenvalue weighted by Gasteiger charge is 2.10.